The summed E-state index contributed by atoms with van der Waals surface area (Å²) >= 11 is 8.09. The van der Waals surface area contributed by atoms with Crippen molar-refractivity contribution in [1.82, 2.24) is 9.78 Å². The highest BCUT2D eigenvalue weighted by Gasteiger charge is 2.19. The van der Waals surface area contributed by atoms with Gasteiger partial charge in [-0.2, -0.15) is 4.68 Å². The van der Waals surface area contributed by atoms with Crippen LogP contribution in [0.1, 0.15) is 39.4 Å². The Kier molecular flexibility index (Phi) is 6.63. The van der Waals surface area contributed by atoms with Gasteiger partial charge in [-0.25, -0.2) is 0 Å². The average molecular weight is 529 g/mol. The van der Waals surface area contributed by atoms with Gasteiger partial charge in [-0.15, -0.1) is 11.3 Å². The number of hydrogen-bond acceptors (Lipinski definition) is 6. The predicted octanol–water partition coefficient (Wildman–Crippen LogP) is 5.87. The minimum absolute atomic E-state index is 0.0855. The summed E-state index contributed by atoms with van der Waals surface area (Å²) in [5, 5.41) is 14.7. The Bertz CT molecular complexity index is 1050. The van der Waals surface area contributed by atoms with Gasteiger partial charge in [0.25, 0.3) is 0 Å². The van der Waals surface area contributed by atoms with Gasteiger partial charge in [0.05, 0.1) is 16.2 Å². The summed E-state index contributed by atoms with van der Waals surface area (Å²) < 4.78 is 8.35. The molecule has 0 atom stereocenters. The standard InChI is InChI=1S/C18H15Br2N3O4S/c1-2-3-16-13(19)8-17(28-16)15(24)7-6-11-4-5-12(27-11)9-22-10-14(20)18(21-22)23(25)26/h4-8,10H,2-3,9H2,1H3/b7-6+. The molecule has 0 N–H and O–H groups in total. The highest BCUT2D eigenvalue weighted by molar-refractivity contribution is 9.11. The number of aryl methyl sites for hydroxylation is 1. The quantitative estimate of drug-likeness (QED) is 0.158. The Morgan fingerprint density at radius 2 is 2.18 bits per heavy atom. The number of allylic oxidation sites excluding steroid dienone is 1. The molecule has 0 saturated carbocycles. The van der Waals surface area contributed by atoms with Crippen LogP contribution in [0.4, 0.5) is 5.82 Å². The predicted molar refractivity (Wildman–Crippen MR) is 114 cm³/mol. The first-order valence-corrected chi connectivity index (χ1v) is 10.7. The van der Waals surface area contributed by atoms with E-state index in [9.17, 15) is 14.9 Å². The van der Waals surface area contributed by atoms with Gasteiger partial charge < -0.3 is 14.5 Å². The lowest BCUT2D eigenvalue weighted by Gasteiger charge is -1.93. The summed E-state index contributed by atoms with van der Waals surface area (Å²) in [7, 11) is 0. The van der Waals surface area contributed by atoms with Gasteiger partial charge in [-0.3, -0.25) is 4.79 Å². The van der Waals surface area contributed by atoms with Crippen LogP contribution in [0, 0.1) is 10.1 Å². The van der Waals surface area contributed by atoms with E-state index in [4.69, 9.17) is 4.42 Å². The van der Waals surface area contributed by atoms with E-state index in [0.29, 0.717) is 20.9 Å². The summed E-state index contributed by atoms with van der Waals surface area (Å²) in [6, 6.07) is 5.32. The smallest absolute Gasteiger partial charge is 0.404 e. The van der Waals surface area contributed by atoms with Crippen LogP contribution < -0.4 is 0 Å². The van der Waals surface area contributed by atoms with Crippen molar-refractivity contribution in [2.75, 3.05) is 0 Å². The van der Waals surface area contributed by atoms with Crippen LogP contribution in [0.15, 0.2) is 43.8 Å². The first kappa shape index (κ1) is 20.7. The second-order valence-electron chi connectivity index (χ2n) is 5.89. The maximum atomic E-state index is 12.4. The van der Waals surface area contributed by atoms with Crippen LogP contribution in [0.25, 0.3) is 6.08 Å². The van der Waals surface area contributed by atoms with Gasteiger partial charge in [0.1, 0.15) is 22.5 Å². The fourth-order valence-corrected chi connectivity index (χ4v) is 4.84. The molecule has 146 valence electrons. The molecule has 10 heteroatoms. The largest absolute Gasteiger partial charge is 0.460 e. The molecule has 3 rings (SSSR count). The number of aromatic nitrogens is 2. The Labute approximate surface area is 181 Å². The number of nitrogens with zero attached hydrogens (tertiary/aromatic N) is 3. The maximum absolute atomic E-state index is 12.4. The van der Waals surface area contributed by atoms with E-state index in [1.807, 2.05) is 6.07 Å². The molecule has 3 heterocycles. The number of carbonyl (C=O) groups is 1. The van der Waals surface area contributed by atoms with Crippen molar-refractivity contribution in [2.24, 2.45) is 0 Å². The molecular weight excluding hydrogens is 514 g/mol. The second-order valence-corrected chi connectivity index (χ2v) is 8.73. The number of ketones is 1. The Balaban J connectivity index is 1.67. The molecule has 0 fully saturated rings. The van der Waals surface area contributed by atoms with Crippen LogP contribution in [-0.4, -0.2) is 20.5 Å². The number of nitro groups is 1. The van der Waals surface area contributed by atoms with E-state index < -0.39 is 4.92 Å². The lowest BCUT2D eigenvalue weighted by atomic mass is 10.2. The molecule has 0 unspecified atom stereocenters. The van der Waals surface area contributed by atoms with Gasteiger partial charge in [-0.1, -0.05) is 13.3 Å². The van der Waals surface area contributed by atoms with Gasteiger partial charge >= 0.3 is 5.82 Å². The lowest BCUT2D eigenvalue weighted by molar-refractivity contribution is -0.390. The third kappa shape index (κ3) is 4.86. The second kappa shape index (κ2) is 8.97. The summed E-state index contributed by atoms with van der Waals surface area (Å²) in [6.45, 7) is 2.34. The Morgan fingerprint density at radius 1 is 1.39 bits per heavy atom. The summed E-state index contributed by atoms with van der Waals surface area (Å²) in [4.78, 5) is 24.5. The number of carbonyl (C=O) groups excluding carboxylic acids is 1. The van der Waals surface area contributed by atoms with E-state index >= 15 is 0 Å². The molecule has 0 aliphatic carbocycles. The van der Waals surface area contributed by atoms with Crippen molar-refractivity contribution in [3.63, 3.8) is 0 Å². The van der Waals surface area contributed by atoms with Crippen LogP contribution in [-0.2, 0) is 13.0 Å². The van der Waals surface area contributed by atoms with E-state index in [1.54, 1.807) is 18.2 Å². The lowest BCUT2D eigenvalue weighted by Crippen LogP contribution is -2.00. The van der Waals surface area contributed by atoms with E-state index in [1.165, 1.54) is 33.2 Å². The zero-order chi connectivity index (χ0) is 20.3. The van der Waals surface area contributed by atoms with Crippen molar-refractivity contribution in [1.29, 1.82) is 0 Å². The molecular formula is C18H15Br2N3O4S. The molecule has 0 amide bonds. The molecule has 0 aromatic carbocycles. The van der Waals surface area contributed by atoms with Crippen molar-refractivity contribution in [2.45, 2.75) is 26.3 Å². The van der Waals surface area contributed by atoms with Crippen LogP contribution >= 0.6 is 43.2 Å². The summed E-state index contributed by atoms with van der Waals surface area (Å²) in [6.07, 6.45) is 6.56. The highest BCUT2D eigenvalue weighted by atomic mass is 79.9. The van der Waals surface area contributed by atoms with Gasteiger partial charge in [0.2, 0.25) is 0 Å². The number of rotatable bonds is 8. The molecule has 0 saturated heterocycles. The fourth-order valence-electron chi connectivity index (χ4n) is 2.49. The zero-order valence-electron chi connectivity index (χ0n) is 14.7. The number of halogens is 2. The average Bonchev–Trinajstić information content (AvgIpc) is 3.33. The molecule has 0 spiro atoms. The number of thiophene rings is 1. The SMILES string of the molecule is CCCc1sc(C(=O)/C=C/c2ccc(Cn3cc(Br)c([N+](=O)[O-])n3)o2)cc1Br. The normalized spacial score (nSPS) is 11.4. The first-order chi connectivity index (χ1) is 13.4. The minimum atomic E-state index is -0.558. The summed E-state index contributed by atoms with van der Waals surface area (Å²) in [5.74, 6) is 0.758. The van der Waals surface area contributed by atoms with Crippen molar-refractivity contribution in [3.05, 3.63) is 70.8 Å². The van der Waals surface area contributed by atoms with Crippen molar-refractivity contribution < 1.29 is 14.1 Å². The van der Waals surface area contributed by atoms with Gasteiger partial charge in [0, 0.05) is 9.35 Å². The maximum Gasteiger partial charge on any atom is 0.404 e. The van der Waals surface area contributed by atoms with Crippen LogP contribution in [0.3, 0.4) is 0 Å². The number of hydrogen-bond donors (Lipinski definition) is 0. The molecule has 0 radical (unpaired) electrons. The molecule has 3 aromatic rings. The molecule has 3 aromatic heterocycles. The van der Waals surface area contributed by atoms with Crippen LogP contribution in [0.2, 0.25) is 0 Å². The van der Waals surface area contributed by atoms with E-state index in [2.05, 4.69) is 43.9 Å². The first-order valence-electron chi connectivity index (χ1n) is 8.34. The third-order valence-electron chi connectivity index (χ3n) is 3.75. The topological polar surface area (TPSA) is 91.2 Å². The summed E-state index contributed by atoms with van der Waals surface area (Å²) in [5.41, 5.74) is 0. The van der Waals surface area contributed by atoms with Crippen molar-refractivity contribution >= 4 is 60.9 Å². The van der Waals surface area contributed by atoms with Gasteiger partial charge in [-0.05, 0) is 73.6 Å². The Morgan fingerprint density at radius 3 is 2.86 bits per heavy atom. The van der Waals surface area contributed by atoms with E-state index in [0.717, 1.165) is 17.3 Å². The number of furan rings is 1. The highest BCUT2D eigenvalue weighted by Crippen LogP contribution is 2.29. The van der Waals surface area contributed by atoms with E-state index in [-0.39, 0.29) is 18.1 Å². The minimum Gasteiger partial charge on any atom is -0.460 e. The third-order valence-corrected chi connectivity index (χ3v) is 6.49. The molecule has 7 nitrogen and oxygen atoms in total. The van der Waals surface area contributed by atoms with Crippen molar-refractivity contribution in [3.8, 4) is 0 Å². The Hall–Kier alpha value is -2.04. The molecule has 0 bridgehead atoms. The molecule has 28 heavy (non-hydrogen) atoms. The fraction of sp³-hybridized carbons (Fsp3) is 0.222. The zero-order valence-corrected chi connectivity index (χ0v) is 18.7. The molecule has 0 aliphatic rings. The van der Waals surface area contributed by atoms with Crippen LogP contribution in [0.5, 0.6) is 0 Å². The van der Waals surface area contributed by atoms with Gasteiger partial charge in [0.15, 0.2) is 5.78 Å². The monoisotopic (exact) mass is 527 g/mol. The molecule has 0 aliphatic heterocycles.